The van der Waals surface area contributed by atoms with Crippen molar-refractivity contribution in [1.82, 2.24) is 0 Å². The van der Waals surface area contributed by atoms with Crippen molar-refractivity contribution in [2.45, 2.75) is 20.0 Å². The van der Waals surface area contributed by atoms with Crippen molar-refractivity contribution in [1.29, 1.82) is 0 Å². The zero-order valence-electron chi connectivity index (χ0n) is 10.2. The van der Waals surface area contributed by atoms with Crippen molar-refractivity contribution in [3.63, 3.8) is 0 Å². The molecule has 0 aliphatic rings. The Labute approximate surface area is 104 Å². The molecular formula is C15H13F3. The number of alkyl halides is 3. The summed E-state index contributed by atoms with van der Waals surface area (Å²) in [6.07, 6.45) is -4.30. The summed E-state index contributed by atoms with van der Waals surface area (Å²) >= 11 is 0. The Morgan fingerprint density at radius 1 is 0.778 bits per heavy atom. The van der Waals surface area contributed by atoms with Crippen LogP contribution >= 0.6 is 0 Å². The molecule has 0 amide bonds. The van der Waals surface area contributed by atoms with E-state index in [1.807, 2.05) is 32.0 Å². The van der Waals surface area contributed by atoms with Crippen LogP contribution in [0.3, 0.4) is 0 Å². The van der Waals surface area contributed by atoms with Gasteiger partial charge in [-0.05, 0) is 48.2 Å². The van der Waals surface area contributed by atoms with Crippen LogP contribution in [0.15, 0.2) is 42.5 Å². The quantitative estimate of drug-likeness (QED) is 0.669. The van der Waals surface area contributed by atoms with Gasteiger partial charge in [-0.25, -0.2) is 0 Å². The molecule has 0 heterocycles. The van der Waals surface area contributed by atoms with E-state index in [1.165, 1.54) is 12.1 Å². The van der Waals surface area contributed by atoms with E-state index in [1.54, 1.807) is 6.07 Å². The summed E-state index contributed by atoms with van der Waals surface area (Å²) in [4.78, 5) is 0. The maximum absolute atomic E-state index is 12.6. The lowest BCUT2D eigenvalue weighted by Gasteiger charge is -2.10. The summed E-state index contributed by atoms with van der Waals surface area (Å²) in [7, 11) is 0. The fraction of sp³-hybridized carbons (Fsp3) is 0.200. The molecule has 2 aromatic carbocycles. The van der Waals surface area contributed by atoms with Crippen molar-refractivity contribution in [2.24, 2.45) is 0 Å². The van der Waals surface area contributed by atoms with Gasteiger partial charge in [0.15, 0.2) is 0 Å². The average Bonchev–Trinajstić information content (AvgIpc) is 2.32. The highest BCUT2D eigenvalue weighted by Crippen LogP contribution is 2.32. The summed E-state index contributed by atoms with van der Waals surface area (Å²) in [6, 6.07) is 11.1. The van der Waals surface area contributed by atoms with Gasteiger partial charge < -0.3 is 0 Å². The van der Waals surface area contributed by atoms with E-state index >= 15 is 0 Å². The van der Waals surface area contributed by atoms with E-state index in [-0.39, 0.29) is 0 Å². The van der Waals surface area contributed by atoms with Gasteiger partial charge in [0, 0.05) is 0 Å². The predicted molar refractivity (Wildman–Crippen MR) is 66.4 cm³/mol. The highest BCUT2D eigenvalue weighted by Gasteiger charge is 2.30. The van der Waals surface area contributed by atoms with Crippen LogP contribution in [0, 0.1) is 13.8 Å². The smallest absolute Gasteiger partial charge is 0.166 e. The number of aryl methyl sites for hydroxylation is 2. The second-order valence-corrected chi connectivity index (χ2v) is 4.38. The normalized spacial score (nSPS) is 11.6. The predicted octanol–water partition coefficient (Wildman–Crippen LogP) is 4.99. The Hall–Kier alpha value is -1.77. The molecular weight excluding hydrogens is 237 g/mol. The number of halogens is 3. The van der Waals surface area contributed by atoms with Gasteiger partial charge in [0.25, 0.3) is 0 Å². The zero-order chi connectivity index (χ0) is 13.3. The molecule has 0 spiro atoms. The average molecular weight is 250 g/mol. The Bertz CT molecular complexity index is 568. The topological polar surface area (TPSA) is 0 Å². The van der Waals surface area contributed by atoms with Gasteiger partial charge in [-0.3, -0.25) is 0 Å². The van der Waals surface area contributed by atoms with E-state index in [0.29, 0.717) is 5.56 Å². The highest BCUT2D eigenvalue weighted by molar-refractivity contribution is 5.65. The molecule has 94 valence electrons. The third-order valence-electron chi connectivity index (χ3n) is 3.03. The van der Waals surface area contributed by atoms with E-state index in [4.69, 9.17) is 0 Å². The summed E-state index contributed by atoms with van der Waals surface area (Å²) in [5.41, 5.74) is 2.99. The SMILES string of the molecule is Cc1ccc(-c2cccc(C(F)(F)F)c2)cc1C. The molecule has 0 atom stereocenters. The molecule has 2 aromatic rings. The van der Waals surface area contributed by atoms with Crippen LogP contribution in [-0.4, -0.2) is 0 Å². The first-order valence-electron chi connectivity index (χ1n) is 5.63. The van der Waals surface area contributed by atoms with Gasteiger partial charge in [0.05, 0.1) is 5.56 Å². The Morgan fingerprint density at radius 2 is 1.44 bits per heavy atom. The van der Waals surface area contributed by atoms with Crippen molar-refractivity contribution in [3.05, 3.63) is 59.2 Å². The molecule has 0 saturated heterocycles. The first-order chi connectivity index (χ1) is 8.38. The number of hydrogen-bond donors (Lipinski definition) is 0. The van der Waals surface area contributed by atoms with Gasteiger partial charge >= 0.3 is 6.18 Å². The number of hydrogen-bond acceptors (Lipinski definition) is 0. The summed E-state index contributed by atoms with van der Waals surface area (Å²) in [6.45, 7) is 3.93. The fourth-order valence-electron chi connectivity index (χ4n) is 1.80. The van der Waals surface area contributed by atoms with Crippen LogP contribution in [0.25, 0.3) is 11.1 Å². The van der Waals surface area contributed by atoms with E-state index < -0.39 is 11.7 Å². The van der Waals surface area contributed by atoms with Crippen LogP contribution < -0.4 is 0 Å². The molecule has 2 rings (SSSR count). The van der Waals surface area contributed by atoms with Crippen molar-refractivity contribution in [2.75, 3.05) is 0 Å². The Balaban J connectivity index is 2.48. The second-order valence-electron chi connectivity index (χ2n) is 4.38. The van der Waals surface area contributed by atoms with Gasteiger partial charge in [-0.1, -0.05) is 30.3 Å². The summed E-state index contributed by atoms with van der Waals surface area (Å²) in [5, 5.41) is 0. The van der Waals surface area contributed by atoms with Gasteiger partial charge in [0.1, 0.15) is 0 Å². The molecule has 0 nitrogen and oxygen atoms in total. The standard InChI is InChI=1S/C15H13F3/c1-10-6-7-13(8-11(10)2)12-4-3-5-14(9-12)15(16,17)18/h3-9H,1-2H3. The van der Waals surface area contributed by atoms with Crippen molar-refractivity contribution < 1.29 is 13.2 Å². The molecule has 0 radical (unpaired) electrons. The maximum Gasteiger partial charge on any atom is 0.416 e. The van der Waals surface area contributed by atoms with Gasteiger partial charge in [0.2, 0.25) is 0 Å². The molecule has 0 fully saturated rings. The van der Waals surface area contributed by atoms with Crippen molar-refractivity contribution >= 4 is 0 Å². The first kappa shape index (κ1) is 12.7. The lowest BCUT2D eigenvalue weighted by molar-refractivity contribution is -0.137. The summed E-state index contributed by atoms with van der Waals surface area (Å²) in [5.74, 6) is 0. The monoisotopic (exact) mass is 250 g/mol. The molecule has 0 unspecified atom stereocenters. The third kappa shape index (κ3) is 2.55. The van der Waals surface area contributed by atoms with Crippen LogP contribution in [0.4, 0.5) is 13.2 Å². The number of benzene rings is 2. The molecule has 18 heavy (non-hydrogen) atoms. The van der Waals surface area contributed by atoms with Crippen LogP contribution in [0.2, 0.25) is 0 Å². The van der Waals surface area contributed by atoms with Crippen LogP contribution in [-0.2, 0) is 6.18 Å². The largest absolute Gasteiger partial charge is 0.416 e. The fourth-order valence-corrected chi connectivity index (χ4v) is 1.80. The summed E-state index contributed by atoms with van der Waals surface area (Å²) < 4.78 is 37.9. The Kier molecular flexibility index (Phi) is 3.16. The lowest BCUT2D eigenvalue weighted by atomic mass is 9.99. The van der Waals surface area contributed by atoms with Gasteiger partial charge in [-0.2, -0.15) is 13.2 Å². The van der Waals surface area contributed by atoms with Crippen LogP contribution in [0.1, 0.15) is 16.7 Å². The maximum atomic E-state index is 12.6. The molecule has 3 heteroatoms. The zero-order valence-corrected chi connectivity index (χ0v) is 10.2. The van der Waals surface area contributed by atoms with Crippen LogP contribution in [0.5, 0.6) is 0 Å². The molecule has 0 bridgehead atoms. The first-order valence-corrected chi connectivity index (χ1v) is 5.63. The van der Waals surface area contributed by atoms with E-state index in [9.17, 15) is 13.2 Å². The number of rotatable bonds is 1. The Morgan fingerprint density at radius 3 is 2.06 bits per heavy atom. The minimum atomic E-state index is -4.30. The lowest BCUT2D eigenvalue weighted by Crippen LogP contribution is -2.04. The van der Waals surface area contributed by atoms with E-state index in [2.05, 4.69) is 0 Å². The van der Waals surface area contributed by atoms with Crippen molar-refractivity contribution in [3.8, 4) is 11.1 Å². The minimum absolute atomic E-state index is 0.591. The van der Waals surface area contributed by atoms with E-state index in [0.717, 1.165) is 22.8 Å². The molecule has 0 aliphatic carbocycles. The van der Waals surface area contributed by atoms with Gasteiger partial charge in [-0.15, -0.1) is 0 Å². The third-order valence-corrected chi connectivity index (χ3v) is 3.03. The molecule has 0 aliphatic heterocycles. The molecule has 0 N–H and O–H groups in total. The highest BCUT2D eigenvalue weighted by atomic mass is 19.4. The molecule has 0 aromatic heterocycles. The minimum Gasteiger partial charge on any atom is -0.166 e. The molecule has 0 saturated carbocycles. The second kappa shape index (κ2) is 4.48.